The molecule has 1 aromatic heterocycles. The van der Waals surface area contributed by atoms with Crippen LogP contribution in [0.3, 0.4) is 0 Å². The van der Waals surface area contributed by atoms with Crippen molar-refractivity contribution in [1.29, 1.82) is 0 Å². The molecule has 0 fully saturated rings. The molecule has 2 rings (SSSR count). The van der Waals surface area contributed by atoms with Crippen molar-refractivity contribution < 1.29 is 4.74 Å². The number of aromatic nitrogens is 2. The van der Waals surface area contributed by atoms with Gasteiger partial charge in [0.05, 0.1) is 7.11 Å². The zero-order chi connectivity index (χ0) is 13.8. The van der Waals surface area contributed by atoms with E-state index in [2.05, 4.69) is 38.9 Å². The second-order valence-electron chi connectivity index (χ2n) is 4.39. The Morgan fingerprint density at radius 3 is 2.84 bits per heavy atom. The van der Waals surface area contributed by atoms with Crippen LogP contribution in [0.2, 0.25) is 0 Å². The first-order valence-electron chi connectivity index (χ1n) is 5.96. The molecule has 2 N–H and O–H groups in total. The van der Waals surface area contributed by atoms with Gasteiger partial charge in [-0.15, -0.1) is 0 Å². The van der Waals surface area contributed by atoms with Crippen molar-refractivity contribution in [3.63, 3.8) is 0 Å². The fourth-order valence-corrected chi connectivity index (χ4v) is 2.42. The van der Waals surface area contributed by atoms with Crippen LogP contribution in [-0.4, -0.2) is 17.1 Å². The maximum Gasteiger partial charge on any atom is 0.216 e. The van der Waals surface area contributed by atoms with Crippen molar-refractivity contribution in [3.8, 4) is 5.88 Å². The quantitative estimate of drug-likeness (QED) is 0.940. The van der Waals surface area contributed by atoms with E-state index in [1.165, 1.54) is 11.9 Å². The molecule has 100 valence electrons. The summed E-state index contributed by atoms with van der Waals surface area (Å²) in [4.78, 5) is 8.20. The number of rotatable bonds is 4. The number of nitrogens with two attached hydrogens (primary N) is 1. The van der Waals surface area contributed by atoms with E-state index in [0.29, 0.717) is 12.3 Å². The van der Waals surface area contributed by atoms with E-state index in [1.807, 2.05) is 18.2 Å². The van der Waals surface area contributed by atoms with Gasteiger partial charge in [-0.25, -0.2) is 9.97 Å². The predicted octanol–water partition coefficient (Wildman–Crippen LogP) is 2.80. The summed E-state index contributed by atoms with van der Waals surface area (Å²) in [6.07, 6.45) is 2.13. The molecular weight excluding hydrogens is 306 g/mol. The Labute approximate surface area is 121 Å². The number of ether oxygens (including phenoxy) is 1. The maximum absolute atomic E-state index is 6.26. The minimum absolute atomic E-state index is 0.117. The van der Waals surface area contributed by atoms with Crippen LogP contribution in [0.5, 0.6) is 5.88 Å². The molecule has 0 aliphatic rings. The number of hydrogen-bond donors (Lipinski definition) is 1. The third-order valence-corrected chi connectivity index (χ3v) is 3.61. The highest BCUT2D eigenvalue weighted by Gasteiger charge is 2.12. The van der Waals surface area contributed by atoms with Crippen molar-refractivity contribution in [2.45, 2.75) is 19.4 Å². The van der Waals surface area contributed by atoms with Crippen LogP contribution in [0.4, 0.5) is 0 Å². The standard InChI is InChI=1S/C14H16BrN3O/c1-9-3-4-12(15)11(5-9)13(16)6-10-7-14(19-2)18-8-17-10/h3-5,7-8,13H,6,16H2,1-2H3. The van der Waals surface area contributed by atoms with Gasteiger partial charge in [0, 0.05) is 28.7 Å². The second-order valence-corrected chi connectivity index (χ2v) is 5.24. The minimum atomic E-state index is -0.117. The number of nitrogens with zero attached hydrogens (tertiary/aromatic N) is 2. The van der Waals surface area contributed by atoms with E-state index in [9.17, 15) is 0 Å². The van der Waals surface area contributed by atoms with Crippen molar-refractivity contribution in [3.05, 3.63) is 51.9 Å². The van der Waals surface area contributed by atoms with E-state index in [4.69, 9.17) is 10.5 Å². The van der Waals surface area contributed by atoms with Crippen LogP contribution < -0.4 is 10.5 Å². The third-order valence-electron chi connectivity index (χ3n) is 2.89. The molecule has 1 atom stereocenters. The van der Waals surface area contributed by atoms with Gasteiger partial charge in [-0.3, -0.25) is 0 Å². The molecule has 0 saturated carbocycles. The number of halogens is 1. The molecule has 4 nitrogen and oxygen atoms in total. The lowest BCUT2D eigenvalue weighted by molar-refractivity contribution is 0.395. The summed E-state index contributed by atoms with van der Waals surface area (Å²) in [7, 11) is 1.59. The molecular formula is C14H16BrN3O. The van der Waals surface area contributed by atoms with Gasteiger partial charge in [0.25, 0.3) is 0 Å². The van der Waals surface area contributed by atoms with Gasteiger partial charge in [-0.05, 0) is 18.6 Å². The van der Waals surface area contributed by atoms with Gasteiger partial charge in [-0.1, -0.05) is 33.6 Å². The molecule has 0 spiro atoms. The molecule has 0 aliphatic heterocycles. The summed E-state index contributed by atoms with van der Waals surface area (Å²) in [6.45, 7) is 2.05. The molecule has 1 heterocycles. The summed E-state index contributed by atoms with van der Waals surface area (Å²) < 4.78 is 6.10. The average molecular weight is 322 g/mol. The lowest BCUT2D eigenvalue weighted by Crippen LogP contribution is -2.15. The summed E-state index contributed by atoms with van der Waals surface area (Å²) in [6, 6.07) is 7.85. The van der Waals surface area contributed by atoms with Gasteiger partial charge in [0.2, 0.25) is 5.88 Å². The molecule has 1 unspecified atom stereocenters. The SMILES string of the molecule is COc1cc(CC(N)c2cc(C)ccc2Br)ncn1. The zero-order valence-electron chi connectivity index (χ0n) is 10.9. The Bertz CT molecular complexity index is 574. The van der Waals surface area contributed by atoms with E-state index in [0.717, 1.165) is 15.7 Å². The fraction of sp³-hybridized carbons (Fsp3) is 0.286. The third kappa shape index (κ3) is 3.52. The van der Waals surface area contributed by atoms with Crippen LogP contribution in [0, 0.1) is 6.92 Å². The van der Waals surface area contributed by atoms with Crippen LogP contribution in [0.1, 0.15) is 22.9 Å². The molecule has 0 amide bonds. The minimum Gasteiger partial charge on any atom is -0.481 e. The van der Waals surface area contributed by atoms with Gasteiger partial charge >= 0.3 is 0 Å². The maximum atomic E-state index is 6.26. The van der Waals surface area contributed by atoms with Crippen LogP contribution in [-0.2, 0) is 6.42 Å². The predicted molar refractivity (Wildman–Crippen MR) is 78.1 cm³/mol. The molecule has 5 heteroatoms. The summed E-state index contributed by atoms with van der Waals surface area (Å²) in [5.74, 6) is 0.556. The molecule has 2 aromatic rings. The van der Waals surface area contributed by atoms with E-state index in [1.54, 1.807) is 7.11 Å². The number of methoxy groups -OCH3 is 1. The molecule has 0 radical (unpaired) electrons. The van der Waals surface area contributed by atoms with Crippen molar-refractivity contribution in [2.24, 2.45) is 5.73 Å². The van der Waals surface area contributed by atoms with Crippen molar-refractivity contribution in [1.82, 2.24) is 9.97 Å². The normalized spacial score (nSPS) is 12.2. The van der Waals surface area contributed by atoms with Crippen LogP contribution in [0.15, 0.2) is 35.1 Å². The fourth-order valence-electron chi connectivity index (χ4n) is 1.88. The van der Waals surface area contributed by atoms with Gasteiger partial charge in [0.15, 0.2) is 0 Å². The van der Waals surface area contributed by atoms with Crippen molar-refractivity contribution in [2.75, 3.05) is 7.11 Å². The monoisotopic (exact) mass is 321 g/mol. The molecule has 0 bridgehead atoms. The number of aryl methyl sites for hydroxylation is 1. The Morgan fingerprint density at radius 1 is 1.32 bits per heavy atom. The molecule has 19 heavy (non-hydrogen) atoms. The highest BCUT2D eigenvalue weighted by Crippen LogP contribution is 2.25. The lowest BCUT2D eigenvalue weighted by Gasteiger charge is -2.14. The average Bonchev–Trinajstić information content (AvgIpc) is 2.41. The van der Waals surface area contributed by atoms with Crippen molar-refractivity contribution >= 4 is 15.9 Å². The summed E-state index contributed by atoms with van der Waals surface area (Å²) >= 11 is 3.54. The first kappa shape index (κ1) is 14.0. The zero-order valence-corrected chi connectivity index (χ0v) is 12.5. The highest BCUT2D eigenvalue weighted by molar-refractivity contribution is 9.10. The Hall–Kier alpha value is -1.46. The summed E-state index contributed by atoms with van der Waals surface area (Å²) in [5.41, 5.74) is 9.40. The smallest absolute Gasteiger partial charge is 0.216 e. The Kier molecular flexibility index (Phi) is 4.50. The number of benzene rings is 1. The Balaban J connectivity index is 2.20. The number of hydrogen-bond acceptors (Lipinski definition) is 4. The second kappa shape index (κ2) is 6.12. The summed E-state index contributed by atoms with van der Waals surface area (Å²) in [5, 5.41) is 0. The molecule has 0 saturated heterocycles. The highest BCUT2D eigenvalue weighted by atomic mass is 79.9. The molecule has 0 aliphatic carbocycles. The van der Waals surface area contributed by atoms with Crippen LogP contribution >= 0.6 is 15.9 Å². The van der Waals surface area contributed by atoms with Gasteiger partial charge in [0.1, 0.15) is 6.33 Å². The van der Waals surface area contributed by atoms with E-state index in [-0.39, 0.29) is 6.04 Å². The van der Waals surface area contributed by atoms with Gasteiger partial charge in [-0.2, -0.15) is 0 Å². The van der Waals surface area contributed by atoms with Crippen LogP contribution in [0.25, 0.3) is 0 Å². The first-order chi connectivity index (χ1) is 9.10. The van der Waals surface area contributed by atoms with E-state index < -0.39 is 0 Å². The topological polar surface area (TPSA) is 61.0 Å². The van der Waals surface area contributed by atoms with E-state index >= 15 is 0 Å². The van der Waals surface area contributed by atoms with Gasteiger partial charge < -0.3 is 10.5 Å². The Morgan fingerprint density at radius 2 is 2.11 bits per heavy atom. The molecule has 1 aromatic carbocycles. The lowest BCUT2D eigenvalue weighted by atomic mass is 10.0. The first-order valence-corrected chi connectivity index (χ1v) is 6.76. The largest absolute Gasteiger partial charge is 0.481 e.